The Morgan fingerprint density at radius 1 is 1.38 bits per heavy atom. The third-order valence-electron chi connectivity index (χ3n) is 3.07. The standard InChI is InChI=1S/C13H18N2O5S/c1-2-20-10-3-5-11(6-4-10)21(17,18)15-13(7-12(14)16)8-19-9-13/h3-6,15H,2,7-9H2,1H3,(H2,14,16). The summed E-state index contributed by atoms with van der Waals surface area (Å²) in [4.78, 5) is 11.2. The van der Waals surface area contributed by atoms with Gasteiger partial charge in [-0.15, -0.1) is 0 Å². The Bertz CT molecular complexity index is 608. The first-order chi connectivity index (χ1) is 9.87. The second-order valence-electron chi connectivity index (χ2n) is 4.93. The van der Waals surface area contributed by atoms with E-state index in [4.69, 9.17) is 15.2 Å². The molecule has 7 nitrogen and oxygen atoms in total. The van der Waals surface area contributed by atoms with Crippen LogP contribution in [0, 0.1) is 0 Å². The zero-order chi connectivity index (χ0) is 15.5. The normalized spacial score (nSPS) is 17.0. The van der Waals surface area contributed by atoms with Crippen molar-refractivity contribution in [2.45, 2.75) is 23.8 Å². The van der Waals surface area contributed by atoms with Crippen LogP contribution in [0.15, 0.2) is 29.2 Å². The van der Waals surface area contributed by atoms with Gasteiger partial charge in [0, 0.05) is 0 Å². The van der Waals surface area contributed by atoms with E-state index in [0.29, 0.717) is 12.4 Å². The molecule has 0 bridgehead atoms. The fraction of sp³-hybridized carbons (Fsp3) is 0.462. The van der Waals surface area contributed by atoms with E-state index >= 15 is 0 Å². The van der Waals surface area contributed by atoms with Gasteiger partial charge in [-0.2, -0.15) is 4.72 Å². The number of hydrogen-bond acceptors (Lipinski definition) is 5. The van der Waals surface area contributed by atoms with E-state index in [-0.39, 0.29) is 24.5 Å². The molecule has 1 aromatic carbocycles. The van der Waals surface area contributed by atoms with E-state index in [1.165, 1.54) is 12.1 Å². The maximum absolute atomic E-state index is 12.3. The lowest BCUT2D eigenvalue weighted by Crippen LogP contribution is -2.63. The molecule has 0 saturated carbocycles. The Morgan fingerprint density at radius 3 is 2.43 bits per heavy atom. The fourth-order valence-electron chi connectivity index (χ4n) is 2.10. The molecule has 8 heteroatoms. The lowest BCUT2D eigenvalue weighted by Gasteiger charge is -2.40. The van der Waals surface area contributed by atoms with E-state index in [0.717, 1.165) is 0 Å². The highest BCUT2D eigenvalue weighted by molar-refractivity contribution is 7.89. The van der Waals surface area contributed by atoms with Crippen molar-refractivity contribution in [1.82, 2.24) is 4.72 Å². The first-order valence-electron chi connectivity index (χ1n) is 6.50. The Morgan fingerprint density at radius 2 is 2.00 bits per heavy atom. The number of hydrogen-bond donors (Lipinski definition) is 2. The maximum atomic E-state index is 12.3. The molecule has 2 rings (SSSR count). The van der Waals surface area contributed by atoms with E-state index < -0.39 is 21.5 Å². The van der Waals surface area contributed by atoms with Gasteiger partial charge in [0.05, 0.1) is 36.7 Å². The summed E-state index contributed by atoms with van der Waals surface area (Å²) in [5, 5.41) is 0. The second kappa shape index (κ2) is 6.00. The van der Waals surface area contributed by atoms with Gasteiger partial charge < -0.3 is 15.2 Å². The van der Waals surface area contributed by atoms with Crippen molar-refractivity contribution in [2.75, 3.05) is 19.8 Å². The van der Waals surface area contributed by atoms with Crippen LogP contribution in [0.3, 0.4) is 0 Å². The van der Waals surface area contributed by atoms with Crippen molar-refractivity contribution in [1.29, 1.82) is 0 Å². The molecule has 3 N–H and O–H groups in total. The largest absolute Gasteiger partial charge is 0.494 e. The lowest BCUT2D eigenvalue weighted by atomic mass is 9.94. The number of amides is 1. The van der Waals surface area contributed by atoms with Crippen molar-refractivity contribution in [2.24, 2.45) is 5.73 Å². The van der Waals surface area contributed by atoms with Gasteiger partial charge in [0.15, 0.2) is 0 Å². The lowest BCUT2D eigenvalue weighted by molar-refractivity contribution is -0.126. The van der Waals surface area contributed by atoms with Crippen LogP contribution < -0.4 is 15.2 Å². The Kier molecular flexibility index (Phi) is 4.50. The topological polar surface area (TPSA) is 108 Å². The number of sulfonamides is 1. The summed E-state index contributed by atoms with van der Waals surface area (Å²) in [5.41, 5.74) is 4.21. The molecule has 1 aliphatic rings. The highest BCUT2D eigenvalue weighted by Gasteiger charge is 2.43. The van der Waals surface area contributed by atoms with Gasteiger partial charge in [0.25, 0.3) is 0 Å². The number of nitrogens with one attached hydrogen (secondary N) is 1. The number of carbonyl (C=O) groups is 1. The molecular weight excluding hydrogens is 296 g/mol. The van der Waals surface area contributed by atoms with E-state index in [1.54, 1.807) is 12.1 Å². The molecule has 0 aromatic heterocycles. The smallest absolute Gasteiger partial charge is 0.241 e. The zero-order valence-electron chi connectivity index (χ0n) is 11.7. The van der Waals surface area contributed by atoms with Crippen molar-refractivity contribution in [3.8, 4) is 5.75 Å². The summed E-state index contributed by atoms with van der Waals surface area (Å²) in [6.45, 7) is 2.61. The third kappa shape index (κ3) is 3.72. The van der Waals surface area contributed by atoms with Gasteiger partial charge in [-0.3, -0.25) is 4.79 Å². The van der Waals surface area contributed by atoms with E-state index in [1.807, 2.05) is 6.92 Å². The van der Waals surface area contributed by atoms with Gasteiger partial charge in [-0.1, -0.05) is 0 Å². The van der Waals surface area contributed by atoms with Crippen molar-refractivity contribution >= 4 is 15.9 Å². The highest BCUT2D eigenvalue weighted by atomic mass is 32.2. The summed E-state index contributed by atoms with van der Waals surface area (Å²) in [6.07, 6.45) is -0.0940. The van der Waals surface area contributed by atoms with Crippen LogP contribution in [-0.4, -0.2) is 39.7 Å². The Hall–Kier alpha value is -1.64. The Labute approximate surface area is 123 Å². The predicted octanol–water partition coefficient (Wildman–Crippen LogP) is 0.00800. The SMILES string of the molecule is CCOc1ccc(S(=O)(=O)NC2(CC(N)=O)COC2)cc1. The van der Waals surface area contributed by atoms with Crippen LogP contribution in [0.2, 0.25) is 0 Å². The van der Waals surface area contributed by atoms with Crippen LogP contribution in [0.4, 0.5) is 0 Å². The number of carbonyl (C=O) groups excluding carboxylic acids is 1. The number of ether oxygens (including phenoxy) is 2. The van der Waals surface area contributed by atoms with Gasteiger partial charge in [0.2, 0.25) is 15.9 Å². The van der Waals surface area contributed by atoms with Gasteiger partial charge in [0.1, 0.15) is 5.75 Å². The number of primary amides is 1. The van der Waals surface area contributed by atoms with Crippen LogP contribution in [0.1, 0.15) is 13.3 Å². The van der Waals surface area contributed by atoms with Crippen molar-refractivity contribution in [3.05, 3.63) is 24.3 Å². The molecule has 0 spiro atoms. The van der Waals surface area contributed by atoms with Gasteiger partial charge in [-0.05, 0) is 31.2 Å². The Balaban J connectivity index is 2.15. The maximum Gasteiger partial charge on any atom is 0.241 e. The van der Waals surface area contributed by atoms with Gasteiger partial charge in [-0.25, -0.2) is 8.42 Å². The molecule has 0 unspecified atom stereocenters. The molecule has 1 aromatic rings. The zero-order valence-corrected chi connectivity index (χ0v) is 12.5. The number of rotatable bonds is 7. The summed E-state index contributed by atoms with van der Waals surface area (Å²) >= 11 is 0. The molecule has 21 heavy (non-hydrogen) atoms. The minimum atomic E-state index is -3.75. The second-order valence-corrected chi connectivity index (χ2v) is 6.61. The average molecular weight is 314 g/mol. The number of benzene rings is 1. The summed E-state index contributed by atoms with van der Waals surface area (Å²) in [7, 11) is -3.75. The molecular formula is C13H18N2O5S. The summed E-state index contributed by atoms with van der Waals surface area (Å²) in [6, 6.07) is 6.06. The molecule has 1 heterocycles. The molecule has 1 aliphatic heterocycles. The van der Waals surface area contributed by atoms with Crippen molar-refractivity contribution in [3.63, 3.8) is 0 Å². The third-order valence-corrected chi connectivity index (χ3v) is 4.66. The molecule has 116 valence electrons. The molecule has 0 aliphatic carbocycles. The average Bonchev–Trinajstić information content (AvgIpc) is 2.36. The molecule has 1 saturated heterocycles. The van der Waals surface area contributed by atoms with E-state index in [2.05, 4.69) is 4.72 Å². The number of nitrogens with two attached hydrogens (primary N) is 1. The summed E-state index contributed by atoms with van der Waals surface area (Å²) in [5.74, 6) is 0.0166. The quantitative estimate of drug-likeness (QED) is 0.737. The van der Waals surface area contributed by atoms with Crippen LogP contribution >= 0.6 is 0 Å². The predicted molar refractivity (Wildman–Crippen MR) is 75.3 cm³/mol. The first kappa shape index (κ1) is 15.7. The monoisotopic (exact) mass is 314 g/mol. The minimum Gasteiger partial charge on any atom is -0.494 e. The summed E-state index contributed by atoms with van der Waals surface area (Å²) < 4.78 is 37.5. The minimum absolute atomic E-state index is 0.0940. The van der Waals surface area contributed by atoms with Crippen LogP contribution in [0.5, 0.6) is 5.75 Å². The molecule has 1 fully saturated rings. The van der Waals surface area contributed by atoms with Crippen LogP contribution in [-0.2, 0) is 19.6 Å². The van der Waals surface area contributed by atoms with Gasteiger partial charge >= 0.3 is 0 Å². The van der Waals surface area contributed by atoms with E-state index in [9.17, 15) is 13.2 Å². The fourth-order valence-corrected chi connectivity index (χ4v) is 3.48. The first-order valence-corrected chi connectivity index (χ1v) is 7.98. The molecule has 1 amide bonds. The molecule has 0 atom stereocenters. The highest BCUT2D eigenvalue weighted by Crippen LogP contribution is 2.25. The molecule has 0 radical (unpaired) electrons. The van der Waals surface area contributed by atoms with Crippen molar-refractivity contribution < 1.29 is 22.7 Å². The van der Waals surface area contributed by atoms with Crippen LogP contribution in [0.25, 0.3) is 0 Å².